The Hall–Kier alpha value is -2.34. The van der Waals surface area contributed by atoms with Crippen LogP contribution < -0.4 is 4.74 Å². The molecule has 0 radical (unpaired) electrons. The monoisotopic (exact) mass is 344 g/mol. The number of benzene rings is 1. The number of nitrogens with zero attached hydrogens (tertiary/aromatic N) is 2. The third kappa shape index (κ3) is 3.69. The number of rotatable bonds is 7. The average molecular weight is 344 g/mol. The maximum Gasteiger partial charge on any atom is 0.327 e. The summed E-state index contributed by atoms with van der Waals surface area (Å²) in [6.07, 6.45) is 4.13. The number of hydrogen-bond donors (Lipinski definition) is 1. The molecule has 2 fully saturated rings. The Morgan fingerprint density at radius 2 is 2.12 bits per heavy atom. The van der Waals surface area contributed by atoms with Crippen LogP contribution in [0.15, 0.2) is 36.9 Å². The van der Waals surface area contributed by atoms with Gasteiger partial charge in [0.25, 0.3) is 5.91 Å². The van der Waals surface area contributed by atoms with Gasteiger partial charge in [-0.2, -0.15) is 0 Å². The second-order valence-corrected chi connectivity index (χ2v) is 6.50. The van der Waals surface area contributed by atoms with Crippen molar-refractivity contribution in [2.45, 2.75) is 37.8 Å². The lowest BCUT2D eigenvalue weighted by molar-refractivity contribution is -0.129. The van der Waals surface area contributed by atoms with E-state index in [9.17, 15) is 14.7 Å². The zero-order valence-corrected chi connectivity index (χ0v) is 14.3. The number of β-amino-alcohol motifs (C(OH)–C–C–N with tert-alkyl or cyclic N) is 1. The number of carbonyl (C=O) groups excluding carboxylic acids is 2. The number of fused-ring (bicyclic) bond motifs is 1. The van der Waals surface area contributed by atoms with E-state index in [4.69, 9.17) is 4.74 Å². The lowest BCUT2D eigenvalue weighted by Gasteiger charge is -2.26. The van der Waals surface area contributed by atoms with Crippen LogP contribution in [0.2, 0.25) is 0 Å². The van der Waals surface area contributed by atoms with Crippen LogP contribution in [-0.2, 0) is 11.2 Å². The Bertz CT molecular complexity index is 637. The van der Waals surface area contributed by atoms with Crippen molar-refractivity contribution in [2.75, 3.05) is 19.7 Å². The summed E-state index contributed by atoms with van der Waals surface area (Å²) in [5.41, 5.74) is 0.982. The number of para-hydroxylation sites is 1. The van der Waals surface area contributed by atoms with E-state index < -0.39 is 6.10 Å². The molecule has 134 valence electrons. The van der Waals surface area contributed by atoms with E-state index >= 15 is 0 Å². The molecule has 0 saturated carbocycles. The summed E-state index contributed by atoms with van der Waals surface area (Å²) in [5, 5.41) is 10.3. The van der Waals surface area contributed by atoms with E-state index in [1.54, 1.807) is 11.0 Å². The summed E-state index contributed by atoms with van der Waals surface area (Å²) in [5.74, 6) is 0.480. The van der Waals surface area contributed by atoms with Crippen LogP contribution in [0.5, 0.6) is 5.75 Å². The molecule has 1 aromatic rings. The molecular weight excluding hydrogens is 320 g/mol. The molecule has 2 heterocycles. The van der Waals surface area contributed by atoms with Gasteiger partial charge in [0.05, 0.1) is 6.54 Å². The maximum absolute atomic E-state index is 12.4. The summed E-state index contributed by atoms with van der Waals surface area (Å²) in [6.45, 7) is 4.33. The minimum Gasteiger partial charge on any atom is -0.491 e. The van der Waals surface area contributed by atoms with Crippen molar-refractivity contribution in [1.29, 1.82) is 0 Å². The number of urea groups is 1. The molecule has 25 heavy (non-hydrogen) atoms. The molecule has 0 spiro atoms. The van der Waals surface area contributed by atoms with Crippen molar-refractivity contribution in [3.8, 4) is 5.75 Å². The highest BCUT2D eigenvalue weighted by Crippen LogP contribution is 2.26. The predicted octanol–water partition coefficient (Wildman–Crippen LogP) is 1.97. The minimum atomic E-state index is -0.925. The van der Waals surface area contributed by atoms with Crippen LogP contribution in [-0.4, -0.2) is 58.7 Å². The number of carbonyl (C=O) groups is 2. The molecule has 1 aromatic carbocycles. The number of aliphatic hydroxyl groups is 1. The van der Waals surface area contributed by atoms with Gasteiger partial charge in [-0.3, -0.25) is 9.69 Å². The van der Waals surface area contributed by atoms with E-state index in [-0.39, 0.29) is 31.1 Å². The van der Waals surface area contributed by atoms with Gasteiger partial charge in [0.15, 0.2) is 0 Å². The Morgan fingerprint density at radius 1 is 1.32 bits per heavy atom. The van der Waals surface area contributed by atoms with Crippen LogP contribution >= 0.6 is 0 Å². The molecule has 3 amide bonds. The number of aliphatic hydroxyl groups excluding tert-OH is 1. The van der Waals surface area contributed by atoms with Gasteiger partial charge in [-0.05, 0) is 37.3 Å². The zero-order valence-electron chi connectivity index (χ0n) is 14.3. The van der Waals surface area contributed by atoms with Crippen LogP contribution in [0.25, 0.3) is 0 Å². The Morgan fingerprint density at radius 3 is 2.88 bits per heavy atom. The molecule has 0 unspecified atom stereocenters. The summed E-state index contributed by atoms with van der Waals surface area (Å²) in [7, 11) is 0. The lowest BCUT2D eigenvalue weighted by Crippen LogP contribution is -2.40. The van der Waals surface area contributed by atoms with Crippen molar-refractivity contribution in [3.05, 3.63) is 42.5 Å². The lowest BCUT2D eigenvalue weighted by atomic mass is 10.0. The molecule has 0 aromatic heterocycles. The SMILES string of the molecule is C=CCc1ccccc1OC[C@H](O)CN1C(=O)[C@@H]2CCCCN2C1=O. The van der Waals surface area contributed by atoms with Gasteiger partial charge in [0, 0.05) is 6.54 Å². The predicted molar refractivity (Wildman–Crippen MR) is 93.3 cm³/mol. The molecule has 2 aliphatic rings. The normalized spacial score (nSPS) is 21.2. The standard InChI is InChI=1S/C19H24N2O4/c1-2-7-14-8-3-4-10-17(14)25-13-15(22)12-21-18(23)16-9-5-6-11-20(16)19(21)24/h2-4,8,10,15-16,22H,1,5-7,9,11-13H2/t15-,16+/m1/s1. The smallest absolute Gasteiger partial charge is 0.327 e. The fourth-order valence-electron chi connectivity index (χ4n) is 3.43. The first-order valence-corrected chi connectivity index (χ1v) is 8.73. The van der Waals surface area contributed by atoms with Crippen LogP contribution in [0.1, 0.15) is 24.8 Å². The maximum atomic E-state index is 12.4. The molecule has 6 heteroatoms. The van der Waals surface area contributed by atoms with Crippen molar-refractivity contribution in [3.63, 3.8) is 0 Å². The van der Waals surface area contributed by atoms with Crippen LogP contribution in [0.3, 0.4) is 0 Å². The molecular formula is C19H24N2O4. The van der Waals surface area contributed by atoms with Gasteiger partial charge < -0.3 is 14.7 Å². The van der Waals surface area contributed by atoms with E-state index in [1.807, 2.05) is 24.3 Å². The number of ether oxygens (including phenoxy) is 1. The summed E-state index contributed by atoms with van der Waals surface area (Å²) < 4.78 is 5.69. The van der Waals surface area contributed by atoms with E-state index in [2.05, 4.69) is 6.58 Å². The fourth-order valence-corrected chi connectivity index (χ4v) is 3.43. The van der Waals surface area contributed by atoms with Gasteiger partial charge in [-0.1, -0.05) is 24.3 Å². The van der Waals surface area contributed by atoms with Crippen molar-refractivity contribution in [2.24, 2.45) is 0 Å². The molecule has 3 rings (SSSR count). The first-order valence-electron chi connectivity index (χ1n) is 8.73. The quantitative estimate of drug-likeness (QED) is 0.606. The van der Waals surface area contributed by atoms with Crippen molar-refractivity contribution >= 4 is 11.9 Å². The van der Waals surface area contributed by atoms with E-state index in [0.29, 0.717) is 25.1 Å². The zero-order chi connectivity index (χ0) is 17.8. The molecule has 2 aliphatic heterocycles. The van der Waals surface area contributed by atoms with Crippen molar-refractivity contribution in [1.82, 2.24) is 9.80 Å². The van der Waals surface area contributed by atoms with Gasteiger partial charge in [-0.15, -0.1) is 6.58 Å². The van der Waals surface area contributed by atoms with E-state index in [1.165, 1.54) is 4.90 Å². The van der Waals surface area contributed by atoms with Crippen LogP contribution in [0, 0.1) is 0 Å². The van der Waals surface area contributed by atoms with Crippen molar-refractivity contribution < 1.29 is 19.4 Å². The molecule has 0 aliphatic carbocycles. The van der Waals surface area contributed by atoms with Gasteiger partial charge in [-0.25, -0.2) is 4.79 Å². The molecule has 0 bridgehead atoms. The van der Waals surface area contributed by atoms with Gasteiger partial charge in [0.1, 0.15) is 24.5 Å². The van der Waals surface area contributed by atoms with Gasteiger partial charge in [0.2, 0.25) is 0 Å². The highest BCUT2D eigenvalue weighted by Gasteiger charge is 2.46. The Balaban J connectivity index is 1.58. The Labute approximate surface area is 147 Å². The summed E-state index contributed by atoms with van der Waals surface area (Å²) >= 11 is 0. The number of imide groups is 1. The minimum absolute atomic E-state index is 0.0237. The topological polar surface area (TPSA) is 70.1 Å². The van der Waals surface area contributed by atoms with Gasteiger partial charge >= 0.3 is 6.03 Å². The average Bonchev–Trinajstić information content (AvgIpc) is 2.87. The number of hydrogen-bond acceptors (Lipinski definition) is 4. The third-order valence-electron chi connectivity index (χ3n) is 4.69. The highest BCUT2D eigenvalue weighted by molar-refractivity contribution is 6.04. The fraction of sp³-hybridized carbons (Fsp3) is 0.474. The number of allylic oxidation sites excluding steroid dienone is 1. The first kappa shape index (κ1) is 17.5. The third-order valence-corrected chi connectivity index (χ3v) is 4.69. The molecule has 2 atom stereocenters. The molecule has 1 N–H and O–H groups in total. The first-order chi connectivity index (χ1) is 12.1. The molecule has 2 saturated heterocycles. The second kappa shape index (κ2) is 7.70. The largest absolute Gasteiger partial charge is 0.491 e. The van der Waals surface area contributed by atoms with E-state index in [0.717, 1.165) is 18.4 Å². The summed E-state index contributed by atoms with van der Waals surface area (Å²) in [4.78, 5) is 27.6. The second-order valence-electron chi connectivity index (χ2n) is 6.50. The number of amides is 3. The molecule has 6 nitrogen and oxygen atoms in total. The number of piperidine rings is 1. The highest BCUT2D eigenvalue weighted by atomic mass is 16.5. The summed E-state index contributed by atoms with van der Waals surface area (Å²) in [6, 6.07) is 6.91. The van der Waals surface area contributed by atoms with Crippen LogP contribution in [0.4, 0.5) is 4.79 Å². The Kier molecular flexibility index (Phi) is 5.38.